The number of hydrogen-bond donors (Lipinski definition) is 1. The summed E-state index contributed by atoms with van der Waals surface area (Å²) in [5.41, 5.74) is 3.86. The lowest BCUT2D eigenvalue weighted by atomic mass is 9.95. The van der Waals surface area contributed by atoms with Gasteiger partial charge in [0.15, 0.2) is 0 Å². The molecule has 1 N–H and O–H groups in total. The molecular weight excluding hydrogens is 264 g/mol. The van der Waals surface area contributed by atoms with Gasteiger partial charge in [0.25, 0.3) is 0 Å². The molecule has 1 aromatic carbocycles. The fraction of sp³-hybridized carbons (Fsp3) is 0.529. The third-order valence-corrected chi connectivity index (χ3v) is 3.80. The van der Waals surface area contributed by atoms with Crippen LogP contribution in [0.3, 0.4) is 0 Å². The van der Waals surface area contributed by atoms with Gasteiger partial charge in [0, 0.05) is 25.3 Å². The highest BCUT2D eigenvalue weighted by Crippen LogP contribution is 2.26. The third-order valence-electron chi connectivity index (χ3n) is 3.80. The molecule has 0 bridgehead atoms. The van der Waals surface area contributed by atoms with Crippen molar-refractivity contribution < 1.29 is 9.94 Å². The van der Waals surface area contributed by atoms with Crippen molar-refractivity contribution in [2.24, 2.45) is 5.92 Å². The Hall–Kier alpha value is -1.36. The largest absolute Gasteiger partial charge is 0.361 e. The fourth-order valence-electron chi connectivity index (χ4n) is 2.67. The molecule has 21 heavy (non-hydrogen) atoms. The quantitative estimate of drug-likeness (QED) is 0.873. The van der Waals surface area contributed by atoms with Gasteiger partial charge < -0.3 is 14.8 Å². The Morgan fingerprint density at radius 2 is 1.95 bits per heavy atom. The van der Waals surface area contributed by atoms with Gasteiger partial charge in [0.1, 0.15) is 6.73 Å². The minimum atomic E-state index is 0.405. The maximum Gasteiger partial charge on any atom is 0.119 e. The van der Waals surface area contributed by atoms with Crippen LogP contribution in [0.1, 0.15) is 26.3 Å². The second-order valence-electron chi connectivity index (χ2n) is 5.76. The highest BCUT2D eigenvalue weighted by Gasteiger charge is 2.25. The van der Waals surface area contributed by atoms with Crippen molar-refractivity contribution in [3.8, 4) is 0 Å². The Labute approximate surface area is 127 Å². The van der Waals surface area contributed by atoms with Gasteiger partial charge in [-0.25, -0.2) is 0 Å². The lowest BCUT2D eigenvalue weighted by Crippen LogP contribution is -2.44. The molecule has 1 aliphatic rings. The van der Waals surface area contributed by atoms with Gasteiger partial charge in [-0.1, -0.05) is 44.2 Å². The molecule has 0 aromatic heterocycles. The Morgan fingerprint density at radius 3 is 2.57 bits per heavy atom. The average molecular weight is 290 g/mol. The first-order valence-corrected chi connectivity index (χ1v) is 7.64. The molecule has 4 heteroatoms. The second kappa shape index (κ2) is 7.59. The second-order valence-corrected chi connectivity index (χ2v) is 5.76. The van der Waals surface area contributed by atoms with E-state index in [-0.39, 0.29) is 0 Å². The van der Waals surface area contributed by atoms with Crippen molar-refractivity contribution in [2.45, 2.75) is 27.2 Å². The summed E-state index contributed by atoms with van der Waals surface area (Å²) in [5.74, 6) is 0.405. The van der Waals surface area contributed by atoms with Crippen LogP contribution in [0.4, 0.5) is 0 Å². The molecule has 0 saturated heterocycles. The predicted molar refractivity (Wildman–Crippen MR) is 83.7 cm³/mol. The smallest absolute Gasteiger partial charge is 0.119 e. The molecule has 4 nitrogen and oxygen atoms in total. The number of ether oxygens (including phenoxy) is 1. The molecule has 0 amide bonds. The molecule has 116 valence electrons. The van der Waals surface area contributed by atoms with E-state index in [9.17, 15) is 5.21 Å². The molecule has 1 aliphatic heterocycles. The molecule has 0 fully saturated rings. The first-order chi connectivity index (χ1) is 10.1. The highest BCUT2D eigenvalue weighted by molar-refractivity contribution is 5.27. The Bertz CT molecular complexity index is 471. The average Bonchev–Trinajstić information content (AvgIpc) is 2.47. The van der Waals surface area contributed by atoms with Crippen molar-refractivity contribution >= 4 is 0 Å². The summed E-state index contributed by atoms with van der Waals surface area (Å²) in [7, 11) is 0. The van der Waals surface area contributed by atoms with Gasteiger partial charge in [-0.2, -0.15) is 5.06 Å². The van der Waals surface area contributed by atoms with Crippen LogP contribution < -0.4 is 0 Å². The monoisotopic (exact) mass is 290 g/mol. The van der Waals surface area contributed by atoms with Gasteiger partial charge in [-0.3, -0.25) is 0 Å². The molecular formula is C17H26N2O2. The minimum absolute atomic E-state index is 0.405. The molecule has 0 saturated carbocycles. The molecule has 1 heterocycles. The first-order valence-electron chi connectivity index (χ1n) is 7.64. The Morgan fingerprint density at radius 1 is 1.24 bits per heavy atom. The van der Waals surface area contributed by atoms with Gasteiger partial charge >= 0.3 is 0 Å². The zero-order chi connectivity index (χ0) is 15.2. The van der Waals surface area contributed by atoms with Crippen LogP contribution in [-0.2, 0) is 11.2 Å². The van der Waals surface area contributed by atoms with Crippen LogP contribution in [0.2, 0.25) is 0 Å². The molecule has 0 unspecified atom stereocenters. The zero-order valence-corrected chi connectivity index (χ0v) is 13.2. The van der Waals surface area contributed by atoms with E-state index in [1.54, 1.807) is 0 Å². The molecule has 0 aliphatic carbocycles. The lowest BCUT2D eigenvalue weighted by Gasteiger charge is -2.38. The van der Waals surface area contributed by atoms with Crippen LogP contribution in [0.15, 0.2) is 41.6 Å². The van der Waals surface area contributed by atoms with Crippen molar-refractivity contribution in [1.29, 1.82) is 0 Å². The van der Waals surface area contributed by atoms with E-state index < -0.39 is 0 Å². The molecule has 1 aromatic rings. The summed E-state index contributed by atoms with van der Waals surface area (Å²) in [4.78, 5) is 2.13. The topological polar surface area (TPSA) is 35.9 Å². The first kappa shape index (κ1) is 16.0. The minimum Gasteiger partial charge on any atom is -0.361 e. The highest BCUT2D eigenvalue weighted by atomic mass is 16.5. The summed E-state index contributed by atoms with van der Waals surface area (Å²) < 4.78 is 5.57. The summed E-state index contributed by atoms with van der Waals surface area (Å²) in [6, 6.07) is 10.5. The van der Waals surface area contributed by atoms with E-state index in [2.05, 4.69) is 43.0 Å². The third kappa shape index (κ3) is 4.30. The molecule has 0 spiro atoms. The summed E-state index contributed by atoms with van der Waals surface area (Å²) in [6.07, 6.45) is 0.884. The van der Waals surface area contributed by atoms with E-state index in [0.717, 1.165) is 6.42 Å². The van der Waals surface area contributed by atoms with Crippen LogP contribution >= 0.6 is 0 Å². The number of benzene rings is 1. The van der Waals surface area contributed by atoms with Crippen molar-refractivity contribution in [3.63, 3.8) is 0 Å². The number of nitrogens with zero attached hydrogens (tertiary/aromatic N) is 2. The van der Waals surface area contributed by atoms with E-state index in [0.29, 0.717) is 32.5 Å². The standard InChI is InChI=1S/C17H26N2O2/c1-4-21-13-18-12-19(20)11-16(14(2)3)17(18)10-15-8-6-5-7-9-15/h5-9,14,20H,4,10-13H2,1-3H3. The van der Waals surface area contributed by atoms with Crippen molar-refractivity contribution in [1.82, 2.24) is 9.96 Å². The SMILES string of the molecule is CCOCN1CN(O)CC(C(C)C)=C1Cc1ccccc1. The predicted octanol–water partition coefficient (Wildman–Crippen LogP) is 3.10. The number of hydrogen-bond acceptors (Lipinski definition) is 4. The van der Waals surface area contributed by atoms with Crippen molar-refractivity contribution in [3.05, 3.63) is 47.2 Å². The molecule has 2 rings (SSSR count). The van der Waals surface area contributed by atoms with E-state index in [4.69, 9.17) is 4.74 Å². The van der Waals surface area contributed by atoms with Crippen LogP contribution in [0.5, 0.6) is 0 Å². The number of hydroxylamine groups is 2. The van der Waals surface area contributed by atoms with E-state index >= 15 is 0 Å². The van der Waals surface area contributed by atoms with Gasteiger partial charge in [-0.15, -0.1) is 0 Å². The number of allylic oxidation sites excluding steroid dienone is 1. The van der Waals surface area contributed by atoms with Crippen LogP contribution in [-0.4, -0.2) is 41.7 Å². The van der Waals surface area contributed by atoms with E-state index in [1.165, 1.54) is 21.9 Å². The zero-order valence-electron chi connectivity index (χ0n) is 13.2. The summed E-state index contributed by atoms with van der Waals surface area (Å²) in [6.45, 7) is 8.66. The van der Waals surface area contributed by atoms with Gasteiger partial charge in [0.2, 0.25) is 0 Å². The van der Waals surface area contributed by atoms with Gasteiger partial charge in [-0.05, 0) is 24.0 Å². The maximum atomic E-state index is 9.98. The summed E-state index contributed by atoms with van der Waals surface area (Å²) in [5, 5.41) is 11.3. The lowest BCUT2D eigenvalue weighted by molar-refractivity contribution is -0.137. The Balaban J connectivity index is 2.28. The molecule has 0 atom stereocenters. The normalized spacial score (nSPS) is 16.9. The van der Waals surface area contributed by atoms with Crippen LogP contribution in [0.25, 0.3) is 0 Å². The number of rotatable bonds is 6. The van der Waals surface area contributed by atoms with Crippen molar-refractivity contribution in [2.75, 3.05) is 26.6 Å². The van der Waals surface area contributed by atoms with Crippen LogP contribution in [0, 0.1) is 5.92 Å². The Kier molecular flexibility index (Phi) is 5.79. The molecule has 0 radical (unpaired) electrons. The fourth-order valence-corrected chi connectivity index (χ4v) is 2.67. The maximum absolute atomic E-state index is 9.98. The van der Waals surface area contributed by atoms with Gasteiger partial charge in [0.05, 0.1) is 6.67 Å². The van der Waals surface area contributed by atoms with E-state index in [1.807, 2.05) is 13.0 Å². The summed E-state index contributed by atoms with van der Waals surface area (Å²) >= 11 is 0.